The summed E-state index contributed by atoms with van der Waals surface area (Å²) in [4.78, 5) is 33.6. The first kappa shape index (κ1) is 18.0. The van der Waals surface area contributed by atoms with E-state index < -0.39 is 35.0 Å². The van der Waals surface area contributed by atoms with E-state index in [1.165, 1.54) is 24.3 Å². The maximum absolute atomic E-state index is 15.1. The second-order valence-corrected chi connectivity index (χ2v) is 5.23. The van der Waals surface area contributed by atoms with E-state index in [4.69, 9.17) is 0 Å². The van der Waals surface area contributed by atoms with E-state index in [1.807, 2.05) is 0 Å². The van der Waals surface area contributed by atoms with Gasteiger partial charge in [0.25, 0.3) is 0 Å². The van der Waals surface area contributed by atoms with Crippen molar-refractivity contribution in [3.63, 3.8) is 0 Å². The van der Waals surface area contributed by atoms with Crippen LogP contribution >= 0.6 is 15.9 Å². The van der Waals surface area contributed by atoms with Crippen molar-refractivity contribution in [3.05, 3.63) is 44.4 Å². The summed E-state index contributed by atoms with van der Waals surface area (Å²) < 4.78 is 24.4. The Morgan fingerprint density at radius 1 is 1.27 bits per heavy atom. The molecule has 0 radical (unpaired) electrons. The second-order valence-electron chi connectivity index (χ2n) is 4.31. The highest BCUT2D eigenvalue weighted by Crippen LogP contribution is 2.35. The third-order valence-electron chi connectivity index (χ3n) is 3.05. The highest BCUT2D eigenvalue weighted by molar-refractivity contribution is 9.10. The van der Waals surface area contributed by atoms with Gasteiger partial charge in [0.05, 0.1) is 14.2 Å². The van der Waals surface area contributed by atoms with Gasteiger partial charge in [-0.2, -0.15) is 0 Å². The number of carbonyl (C=O) groups is 2. The van der Waals surface area contributed by atoms with Gasteiger partial charge >= 0.3 is 17.6 Å². The maximum Gasteiger partial charge on any atom is 0.356 e. The number of rotatable bonds is 6. The molecule has 0 N–H and O–H groups in total. The Balaban J connectivity index is 3.44. The zero-order valence-corrected chi connectivity index (χ0v) is 13.3. The van der Waals surface area contributed by atoms with E-state index in [9.17, 15) is 19.7 Å². The predicted octanol–water partition coefficient (Wildman–Crippen LogP) is 1.86. The summed E-state index contributed by atoms with van der Waals surface area (Å²) in [6.07, 6.45) is 0. The fourth-order valence-corrected chi connectivity index (χ4v) is 2.23. The molecular weight excluding hydrogens is 365 g/mol. The molecule has 9 heteroatoms. The lowest BCUT2D eigenvalue weighted by Gasteiger charge is -2.26. The molecule has 0 fully saturated rings. The molecule has 0 spiro atoms. The van der Waals surface area contributed by atoms with Gasteiger partial charge in [-0.05, 0) is 17.7 Å². The zero-order valence-electron chi connectivity index (χ0n) is 11.7. The molecule has 1 atom stereocenters. The second kappa shape index (κ2) is 7.30. The number of benzene rings is 1. The molecule has 0 aliphatic rings. The summed E-state index contributed by atoms with van der Waals surface area (Å²) in [5, 5.41) is 10.8. The molecule has 0 unspecified atom stereocenters. The lowest BCUT2D eigenvalue weighted by Crippen LogP contribution is -2.51. The molecule has 1 rings (SSSR count). The van der Waals surface area contributed by atoms with Gasteiger partial charge in [-0.25, -0.2) is 14.0 Å². The van der Waals surface area contributed by atoms with E-state index in [-0.39, 0.29) is 5.56 Å². The first-order chi connectivity index (χ1) is 10.3. The van der Waals surface area contributed by atoms with Crippen LogP contribution in [0.2, 0.25) is 0 Å². The Hall–Kier alpha value is -2.03. The number of ether oxygens (including phenoxy) is 2. The number of esters is 2. The van der Waals surface area contributed by atoms with Crippen LogP contribution < -0.4 is 0 Å². The molecule has 0 saturated heterocycles. The summed E-state index contributed by atoms with van der Waals surface area (Å²) in [5.74, 6) is -4.78. The number of halogens is 2. The molecule has 0 amide bonds. The van der Waals surface area contributed by atoms with Crippen LogP contribution in [0, 0.1) is 10.1 Å². The Morgan fingerprint density at radius 2 is 1.73 bits per heavy atom. The number of nitrogens with zero attached hydrogens (tertiary/aromatic N) is 1. The van der Waals surface area contributed by atoms with E-state index >= 15 is 4.39 Å². The zero-order chi connectivity index (χ0) is 16.9. The number of hydrogen-bond acceptors (Lipinski definition) is 6. The standard InChI is InChI=1S/C13H13BrFNO6/c1-21-11(17)13(15,12(18)22-2)10(7-16(19)20)8-3-5-9(14)6-4-8/h3-6,10H,7H2,1-2H3/t10-/m0/s1. The molecule has 7 nitrogen and oxygen atoms in total. The molecule has 0 aliphatic heterocycles. The number of alkyl halides is 1. The summed E-state index contributed by atoms with van der Waals surface area (Å²) in [6.45, 7) is -0.984. The van der Waals surface area contributed by atoms with Crippen molar-refractivity contribution in [2.24, 2.45) is 0 Å². The fraction of sp³-hybridized carbons (Fsp3) is 0.385. The van der Waals surface area contributed by atoms with Gasteiger partial charge in [0, 0.05) is 9.40 Å². The summed E-state index contributed by atoms with van der Waals surface area (Å²) in [5.41, 5.74) is -3.22. The minimum Gasteiger partial charge on any atom is -0.466 e. The molecule has 1 aromatic carbocycles. The van der Waals surface area contributed by atoms with Crippen molar-refractivity contribution in [1.29, 1.82) is 0 Å². The molecule has 0 saturated carbocycles. The molecule has 1 aromatic rings. The van der Waals surface area contributed by atoms with Gasteiger partial charge in [-0.3, -0.25) is 10.1 Å². The van der Waals surface area contributed by atoms with Gasteiger partial charge in [-0.1, -0.05) is 28.1 Å². The van der Waals surface area contributed by atoms with Crippen LogP contribution in [-0.2, 0) is 19.1 Å². The molecular formula is C13H13BrFNO6. The minimum atomic E-state index is -3.32. The lowest BCUT2D eigenvalue weighted by atomic mass is 9.83. The first-order valence-corrected chi connectivity index (χ1v) is 6.79. The monoisotopic (exact) mass is 377 g/mol. The summed E-state index contributed by atoms with van der Waals surface area (Å²) in [6, 6.07) is 5.77. The van der Waals surface area contributed by atoms with Crippen molar-refractivity contribution in [3.8, 4) is 0 Å². The number of hydrogen-bond donors (Lipinski definition) is 0. The van der Waals surface area contributed by atoms with E-state index in [1.54, 1.807) is 0 Å². The average Bonchev–Trinajstić information content (AvgIpc) is 2.50. The van der Waals surface area contributed by atoms with Gasteiger partial charge in [0.1, 0.15) is 5.92 Å². The fourth-order valence-electron chi connectivity index (χ4n) is 1.97. The van der Waals surface area contributed by atoms with E-state index in [2.05, 4.69) is 25.4 Å². The van der Waals surface area contributed by atoms with Gasteiger partial charge in [-0.15, -0.1) is 0 Å². The first-order valence-electron chi connectivity index (χ1n) is 6.00. The van der Waals surface area contributed by atoms with Crippen LogP contribution in [0.3, 0.4) is 0 Å². The number of carbonyl (C=O) groups excluding carboxylic acids is 2. The Bertz CT molecular complexity index is 560. The smallest absolute Gasteiger partial charge is 0.356 e. The van der Waals surface area contributed by atoms with Crippen molar-refractivity contribution in [1.82, 2.24) is 0 Å². The molecule has 0 heterocycles. The van der Waals surface area contributed by atoms with Crippen LogP contribution in [0.15, 0.2) is 28.7 Å². The van der Waals surface area contributed by atoms with Crippen LogP contribution in [-0.4, -0.2) is 43.3 Å². The topological polar surface area (TPSA) is 95.7 Å². The van der Waals surface area contributed by atoms with Crippen LogP contribution in [0.25, 0.3) is 0 Å². The van der Waals surface area contributed by atoms with Gasteiger partial charge in [0.2, 0.25) is 6.54 Å². The third kappa shape index (κ3) is 3.59. The Labute approximate surface area is 133 Å². The van der Waals surface area contributed by atoms with Crippen LogP contribution in [0.4, 0.5) is 4.39 Å². The Morgan fingerprint density at radius 3 is 2.09 bits per heavy atom. The highest BCUT2D eigenvalue weighted by Gasteiger charge is 2.58. The molecule has 0 bridgehead atoms. The van der Waals surface area contributed by atoms with E-state index in [0.717, 1.165) is 14.2 Å². The quantitative estimate of drug-likeness (QED) is 0.325. The SMILES string of the molecule is COC(=O)C(F)(C(=O)OC)[C@@H](C[N+](=O)[O-])c1ccc(Br)cc1. The maximum atomic E-state index is 15.1. The molecule has 22 heavy (non-hydrogen) atoms. The summed E-state index contributed by atoms with van der Waals surface area (Å²) in [7, 11) is 1.76. The average molecular weight is 378 g/mol. The van der Waals surface area contributed by atoms with Gasteiger partial charge < -0.3 is 9.47 Å². The van der Waals surface area contributed by atoms with Gasteiger partial charge in [0.15, 0.2) is 0 Å². The third-order valence-corrected chi connectivity index (χ3v) is 3.58. The predicted molar refractivity (Wildman–Crippen MR) is 76.6 cm³/mol. The van der Waals surface area contributed by atoms with Crippen molar-refractivity contribution in [2.45, 2.75) is 11.6 Å². The van der Waals surface area contributed by atoms with Crippen molar-refractivity contribution in [2.75, 3.05) is 20.8 Å². The normalized spacial score (nSPS) is 12.4. The minimum absolute atomic E-state index is 0.0956. The van der Waals surface area contributed by atoms with Crippen molar-refractivity contribution < 1.29 is 28.4 Å². The largest absolute Gasteiger partial charge is 0.466 e. The summed E-state index contributed by atoms with van der Waals surface area (Å²) >= 11 is 3.17. The van der Waals surface area contributed by atoms with E-state index in [0.29, 0.717) is 4.47 Å². The molecule has 0 aliphatic carbocycles. The molecule has 0 aromatic heterocycles. The lowest BCUT2D eigenvalue weighted by molar-refractivity contribution is -0.485. The Kier molecular flexibility index (Phi) is 5.98. The van der Waals surface area contributed by atoms with Crippen LogP contribution in [0.1, 0.15) is 11.5 Å². The highest BCUT2D eigenvalue weighted by atomic mass is 79.9. The van der Waals surface area contributed by atoms with Crippen molar-refractivity contribution >= 4 is 27.9 Å². The molecule has 120 valence electrons. The number of nitro groups is 1. The van der Waals surface area contributed by atoms with Crippen LogP contribution in [0.5, 0.6) is 0 Å². The number of methoxy groups -OCH3 is 2.